The van der Waals surface area contributed by atoms with Gasteiger partial charge in [-0.2, -0.15) is 0 Å². The van der Waals surface area contributed by atoms with E-state index in [9.17, 15) is 68.1 Å². The maximum atomic E-state index is 13.9. The van der Waals surface area contributed by atoms with E-state index in [1.54, 1.807) is 0 Å². The first-order chi connectivity index (χ1) is 33.8. The van der Waals surface area contributed by atoms with Gasteiger partial charge in [-0.25, -0.2) is 0 Å². The number of unbranched alkanes of at least 4 members (excludes halogenated alkanes) is 2. The second-order valence-corrected chi connectivity index (χ2v) is 16.6. The summed E-state index contributed by atoms with van der Waals surface area (Å²) in [7, 11) is 0. The number of guanidine groups is 1. The van der Waals surface area contributed by atoms with Gasteiger partial charge >= 0.3 is 5.97 Å². The van der Waals surface area contributed by atoms with Crippen LogP contribution < -0.4 is 82.3 Å². The van der Waals surface area contributed by atoms with E-state index in [1.807, 2.05) is 5.32 Å². The summed E-state index contributed by atoms with van der Waals surface area (Å²) in [6.07, 6.45) is -2.13. The molecule has 0 bridgehead atoms. The summed E-state index contributed by atoms with van der Waals surface area (Å²) in [6, 6.07) is -12.2. The van der Waals surface area contributed by atoms with Crippen LogP contribution in [0.25, 0.3) is 0 Å². The van der Waals surface area contributed by atoms with Crippen molar-refractivity contribution < 1.29 is 73.2 Å². The van der Waals surface area contributed by atoms with Crippen LogP contribution >= 0.6 is 0 Å². The van der Waals surface area contributed by atoms with Crippen molar-refractivity contribution in [1.29, 1.82) is 0 Å². The molecule has 0 spiro atoms. The SMILES string of the molecule is C[C@H](NC(=O)[C@@H](NC(=O)[C@H](CCC(N)=O)NC(=O)[C@@H](N)CCCCN)[C@@H](C)O)C(=O)N[C@@H](CCCN=C(N)N)C(=O)N[C@@H](CCCCN)C(=O)N[C@@H](CO)C(=O)N[C@H](C(=O)NCC(=O)NCC(=O)O)[C@@H](C)O. The maximum Gasteiger partial charge on any atom is 0.322 e. The van der Waals surface area contributed by atoms with Crippen molar-refractivity contribution in [3.05, 3.63) is 0 Å². The molecule has 0 aliphatic carbocycles. The molecule has 0 heterocycles. The Morgan fingerprint density at radius 2 is 0.972 bits per heavy atom. The molecule has 25 N–H and O–H groups in total. The highest BCUT2D eigenvalue weighted by molar-refractivity contribution is 5.98. The van der Waals surface area contributed by atoms with Crippen molar-refractivity contribution in [2.75, 3.05) is 39.3 Å². The molecule has 31 heteroatoms. The topological polar surface area (TPSA) is 545 Å². The third-order valence-corrected chi connectivity index (χ3v) is 10.3. The minimum atomic E-state index is -1.79. The van der Waals surface area contributed by atoms with E-state index in [2.05, 4.69) is 47.5 Å². The number of aliphatic imine (C=N–C) groups is 1. The van der Waals surface area contributed by atoms with Gasteiger partial charge in [0, 0.05) is 13.0 Å². The van der Waals surface area contributed by atoms with E-state index in [1.165, 1.54) is 6.92 Å². The highest BCUT2D eigenvalue weighted by atomic mass is 16.4. The largest absolute Gasteiger partial charge is 0.480 e. The van der Waals surface area contributed by atoms with Crippen molar-refractivity contribution in [2.24, 2.45) is 39.4 Å². The van der Waals surface area contributed by atoms with Crippen LogP contribution in [0.5, 0.6) is 0 Å². The van der Waals surface area contributed by atoms with E-state index in [4.69, 9.17) is 39.5 Å². The molecule has 0 aliphatic rings. The molecule has 0 rings (SSSR count). The zero-order valence-electron chi connectivity index (χ0n) is 40.8. The molecule has 0 aromatic carbocycles. The number of hydrogen-bond donors (Lipinski definition) is 19. The number of carbonyl (C=O) groups excluding carboxylic acids is 10. The molecule has 0 fully saturated rings. The summed E-state index contributed by atoms with van der Waals surface area (Å²) in [5.74, 6) is -11.4. The number of carboxylic acids is 1. The van der Waals surface area contributed by atoms with Crippen LogP contribution in [0.3, 0.4) is 0 Å². The number of rotatable bonds is 37. The first kappa shape index (κ1) is 65.2. The maximum absolute atomic E-state index is 13.9. The molecule has 0 aliphatic heterocycles. The predicted molar refractivity (Wildman–Crippen MR) is 255 cm³/mol. The summed E-state index contributed by atoms with van der Waals surface area (Å²) in [5.41, 5.74) is 33.2. The van der Waals surface area contributed by atoms with Crippen LogP contribution in [0.2, 0.25) is 0 Å². The molecular formula is C41H76N16O15. The number of aliphatic hydroxyl groups is 3. The van der Waals surface area contributed by atoms with Gasteiger partial charge in [0.05, 0.1) is 31.4 Å². The van der Waals surface area contributed by atoms with E-state index < -0.39 is 145 Å². The highest BCUT2D eigenvalue weighted by Crippen LogP contribution is 2.08. The fourth-order valence-electron chi connectivity index (χ4n) is 6.24. The Kier molecular flexibility index (Phi) is 32.0. The minimum absolute atomic E-state index is 0.0255. The fourth-order valence-corrected chi connectivity index (χ4v) is 6.24. The summed E-state index contributed by atoms with van der Waals surface area (Å²) in [6.45, 7) is 1.44. The van der Waals surface area contributed by atoms with Crippen molar-refractivity contribution in [3.8, 4) is 0 Å². The molecule has 0 radical (unpaired) electrons. The summed E-state index contributed by atoms with van der Waals surface area (Å²) < 4.78 is 0. The highest BCUT2D eigenvalue weighted by Gasteiger charge is 2.35. The molecule has 10 atom stereocenters. The average molecular weight is 1030 g/mol. The fraction of sp³-hybridized carbons (Fsp3) is 0.707. The van der Waals surface area contributed by atoms with Gasteiger partial charge in [0.1, 0.15) is 48.8 Å². The number of aliphatic hydroxyl groups excluding tert-OH is 3. The van der Waals surface area contributed by atoms with Gasteiger partial charge in [-0.3, -0.25) is 57.7 Å². The van der Waals surface area contributed by atoms with E-state index >= 15 is 0 Å². The Morgan fingerprint density at radius 3 is 1.47 bits per heavy atom. The van der Waals surface area contributed by atoms with Crippen LogP contribution in [0.4, 0.5) is 0 Å². The summed E-state index contributed by atoms with van der Waals surface area (Å²) in [5, 5.41) is 60.1. The third kappa shape index (κ3) is 27.0. The lowest BCUT2D eigenvalue weighted by Gasteiger charge is -2.28. The second-order valence-electron chi connectivity index (χ2n) is 16.6. The second kappa shape index (κ2) is 35.3. The molecule has 31 nitrogen and oxygen atoms in total. The number of nitrogens with two attached hydrogens (primary N) is 6. The molecule has 0 saturated carbocycles. The van der Waals surface area contributed by atoms with Gasteiger partial charge in [-0.15, -0.1) is 0 Å². The summed E-state index contributed by atoms with van der Waals surface area (Å²) >= 11 is 0. The van der Waals surface area contributed by atoms with Crippen LogP contribution in [-0.2, 0) is 52.7 Å². The normalized spacial score (nSPS) is 15.1. The number of nitrogens with zero attached hydrogens (tertiary/aromatic N) is 1. The summed E-state index contributed by atoms with van der Waals surface area (Å²) in [4.78, 5) is 145. The molecule has 0 aromatic heterocycles. The average Bonchev–Trinajstić information content (AvgIpc) is 3.31. The predicted octanol–water partition coefficient (Wildman–Crippen LogP) is -9.62. The Bertz CT molecular complexity index is 1850. The quantitative estimate of drug-likeness (QED) is 0.0156. The Hall–Kier alpha value is -6.80. The van der Waals surface area contributed by atoms with Gasteiger partial charge in [0.25, 0.3) is 0 Å². The molecule has 0 unspecified atom stereocenters. The number of carboxylic acid groups (broad SMARTS) is 1. The van der Waals surface area contributed by atoms with Crippen LogP contribution in [0.15, 0.2) is 4.99 Å². The Morgan fingerprint density at radius 1 is 0.514 bits per heavy atom. The number of carbonyl (C=O) groups is 11. The first-order valence-corrected chi connectivity index (χ1v) is 23.1. The van der Waals surface area contributed by atoms with Crippen LogP contribution in [0, 0.1) is 0 Å². The number of aliphatic carboxylic acids is 1. The Balaban J connectivity index is 6.31. The monoisotopic (exact) mass is 1030 g/mol. The van der Waals surface area contributed by atoms with Gasteiger partial charge in [0.2, 0.25) is 59.1 Å². The minimum Gasteiger partial charge on any atom is -0.480 e. The van der Waals surface area contributed by atoms with Crippen molar-refractivity contribution in [3.63, 3.8) is 0 Å². The molecule has 10 amide bonds. The van der Waals surface area contributed by atoms with Crippen LogP contribution in [0.1, 0.15) is 85.0 Å². The lowest BCUT2D eigenvalue weighted by Crippen LogP contribution is -2.61. The molecule has 0 saturated heterocycles. The van der Waals surface area contributed by atoms with Gasteiger partial charge in [0.15, 0.2) is 5.96 Å². The van der Waals surface area contributed by atoms with Crippen LogP contribution in [-0.4, -0.2) is 191 Å². The van der Waals surface area contributed by atoms with E-state index in [0.29, 0.717) is 25.8 Å². The zero-order chi connectivity index (χ0) is 55.1. The lowest BCUT2D eigenvalue weighted by atomic mass is 10.0. The van der Waals surface area contributed by atoms with Gasteiger partial charge in [-0.1, -0.05) is 6.42 Å². The number of primary amides is 1. The number of hydrogen-bond acceptors (Lipinski definition) is 18. The smallest absolute Gasteiger partial charge is 0.322 e. The molecular weight excluding hydrogens is 957 g/mol. The standard InChI is InChI=1S/C41H76N16O15/c1-20(51-40(72)32(22(3)60)57-37(69)26(12-13-28(45)61)53-34(66)23(44)9-4-6-14-42)33(65)52-25(11-8-16-48-41(46)47)35(67)54-24(10-5-7-15-43)36(68)55-27(19-58)38(70)56-31(21(2)59)39(71)50-17-29(62)49-18-30(63)64/h20-27,31-32,58-60H,4-19,42-44H2,1-3H3,(H2,45,61)(H,49,62)(H,50,71)(H,51,72)(H,52,65)(H,53,66)(H,54,67)(H,55,68)(H,56,70)(H,57,69)(H,63,64)(H4,46,47,48)/t20-,21+,22+,23-,24-,25-,26-,27-,31-,32-/m0/s1. The molecule has 410 valence electrons. The van der Waals surface area contributed by atoms with E-state index in [0.717, 1.165) is 13.8 Å². The van der Waals surface area contributed by atoms with Gasteiger partial charge < -0.3 is 103 Å². The van der Waals surface area contributed by atoms with Crippen molar-refractivity contribution in [1.82, 2.24) is 47.9 Å². The molecule has 72 heavy (non-hydrogen) atoms. The number of amides is 10. The number of nitrogens with one attached hydrogen (secondary N) is 9. The molecule has 0 aromatic rings. The zero-order valence-corrected chi connectivity index (χ0v) is 40.8. The lowest BCUT2D eigenvalue weighted by molar-refractivity contribution is -0.138. The third-order valence-electron chi connectivity index (χ3n) is 10.3. The van der Waals surface area contributed by atoms with E-state index in [-0.39, 0.29) is 64.0 Å². The van der Waals surface area contributed by atoms with Crippen molar-refractivity contribution >= 4 is 71.0 Å². The van der Waals surface area contributed by atoms with Gasteiger partial charge in [-0.05, 0) is 85.2 Å². The first-order valence-electron chi connectivity index (χ1n) is 23.1. The van der Waals surface area contributed by atoms with Crippen molar-refractivity contribution in [2.45, 2.75) is 146 Å². The Labute approximate surface area is 415 Å².